The van der Waals surface area contributed by atoms with Crippen LogP contribution in [-0.4, -0.2) is 55.9 Å². The molecule has 192 valence electrons. The van der Waals surface area contributed by atoms with Crippen molar-refractivity contribution in [3.8, 4) is 0 Å². The Morgan fingerprint density at radius 3 is 2.64 bits per heavy atom. The summed E-state index contributed by atoms with van der Waals surface area (Å²) in [6, 6.07) is 6.95. The zero-order valence-corrected chi connectivity index (χ0v) is 20.4. The lowest BCUT2D eigenvalue weighted by Gasteiger charge is -2.28. The molecule has 13 heteroatoms. The van der Waals surface area contributed by atoms with Crippen molar-refractivity contribution >= 4 is 33.4 Å². The quantitative estimate of drug-likeness (QED) is 0.555. The number of alkyl halides is 2. The molecule has 1 aromatic heterocycles. The molecule has 1 saturated carbocycles. The minimum atomic E-state index is -3.74. The number of carbonyl (C=O) groups excluding carboxylic acids is 2. The fourth-order valence-electron chi connectivity index (χ4n) is 3.67. The van der Waals surface area contributed by atoms with Gasteiger partial charge in [-0.25, -0.2) is 22.0 Å². The number of aromatic nitrogens is 1. The topological polar surface area (TPSA) is 126 Å². The molecule has 1 aromatic carbocycles. The van der Waals surface area contributed by atoms with Crippen molar-refractivity contribution in [3.05, 3.63) is 74.0 Å². The predicted octanol–water partition coefficient (Wildman–Crippen LogP) is 2.90. The molecule has 36 heavy (non-hydrogen) atoms. The third-order valence-corrected chi connectivity index (χ3v) is 7.60. The lowest BCUT2D eigenvalue weighted by atomic mass is 10.0. The Bertz CT molecular complexity index is 1380. The van der Waals surface area contributed by atoms with Crippen molar-refractivity contribution in [2.24, 2.45) is 5.92 Å². The fraction of sp³-hybridized carbons (Fsp3) is 0.348. The highest BCUT2D eigenvalue weighted by atomic mass is 35.5. The van der Waals surface area contributed by atoms with E-state index in [9.17, 15) is 31.6 Å². The van der Waals surface area contributed by atoms with E-state index in [1.807, 2.05) is 0 Å². The molecule has 0 bridgehead atoms. The first-order valence-electron chi connectivity index (χ1n) is 11.0. The van der Waals surface area contributed by atoms with Gasteiger partial charge in [-0.3, -0.25) is 9.59 Å². The molecular formula is C23H22ClF2N3O6S. The number of aromatic amines is 1. The smallest absolute Gasteiger partial charge is 0.410 e. The number of hydrogen-bond donors (Lipinski definition) is 2. The van der Waals surface area contributed by atoms with Crippen LogP contribution in [0.3, 0.4) is 0 Å². The summed E-state index contributed by atoms with van der Waals surface area (Å²) in [5.74, 6) is -4.48. The largest absolute Gasteiger partial charge is 0.449 e. The van der Waals surface area contributed by atoms with Crippen LogP contribution in [-0.2, 0) is 27.5 Å². The first-order chi connectivity index (χ1) is 17.0. The predicted molar refractivity (Wildman–Crippen MR) is 126 cm³/mol. The molecule has 1 aliphatic carbocycles. The van der Waals surface area contributed by atoms with Crippen LogP contribution in [0.25, 0.3) is 0 Å². The van der Waals surface area contributed by atoms with E-state index < -0.39 is 39.2 Å². The summed E-state index contributed by atoms with van der Waals surface area (Å²) in [6.45, 7) is -0.269. The van der Waals surface area contributed by atoms with E-state index in [2.05, 4.69) is 10.3 Å². The van der Waals surface area contributed by atoms with Gasteiger partial charge in [0.15, 0.2) is 9.84 Å². The zero-order valence-electron chi connectivity index (χ0n) is 18.8. The molecule has 2 heterocycles. The van der Waals surface area contributed by atoms with Crippen molar-refractivity contribution in [2.45, 2.75) is 30.2 Å². The maximum absolute atomic E-state index is 13.0. The van der Waals surface area contributed by atoms with Crippen LogP contribution >= 0.6 is 11.6 Å². The first kappa shape index (κ1) is 25.8. The molecule has 2 amide bonds. The summed E-state index contributed by atoms with van der Waals surface area (Å²) in [5.41, 5.74) is 0.232. The maximum Gasteiger partial charge on any atom is 0.410 e. The van der Waals surface area contributed by atoms with Gasteiger partial charge >= 0.3 is 6.09 Å². The van der Waals surface area contributed by atoms with E-state index in [4.69, 9.17) is 16.3 Å². The van der Waals surface area contributed by atoms with E-state index in [0.717, 1.165) is 5.41 Å². The highest BCUT2D eigenvalue weighted by molar-refractivity contribution is 7.94. The van der Waals surface area contributed by atoms with Crippen molar-refractivity contribution in [1.82, 2.24) is 15.2 Å². The van der Waals surface area contributed by atoms with Crippen molar-refractivity contribution in [2.75, 3.05) is 19.7 Å². The molecule has 2 aliphatic rings. The molecule has 2 aromatic rings. The van der Waals surface area contributed by atoms with Gasteiger partial charge in [0.1, 0.15) is 12.2 Å². The third-order valence-electron chi connectivity index (χ3n) is 5.87. The Hall–Kier alpha value is -3.25. The lowest BCUT2D eigenvalue weighted by molar-refractivity contribution is 0.0578. The van der Waals surface area contributed by atoms with Crippen molar-refractivity contribution < 1.29 is 31.5 Å². The Morgan fingerprint density at radius 1 is 1.28 bits per heavy atom. The first-order valence-corrected chi connectivity index (χ1v) is 12.9. The zero-order chi connectivity index (χ0) is 26.1. The van der Waals surface area contributed by atoms with Crippen molar-refractivity contribution in [1.29, 1.82) is 0 Å². The number of ether oxygens (including phenoxy) is 1. The van der Waals surface area contributed by atoms with E-state index in [1.165, 1.54) is 41.3 Å². The lowest BCUT2D eigenvalue weighted by Crippen LogP contribution is -2.39. The number of H-pyrrole nitrogens is 1. The highest BCUT2D eigenvalue weighted by Gasteiger charge is 2.57. The average molecular weight is 542 g/mol. The van der Waals surface area contributed by atoms with Gasteiger partial charge < -0.3 is 19.9 Å². The molecule has 1 unspecified atom stereocenters. The average Bonchev–Trinajstić information content (AvgIpc) is 3.45. The minimum absolute atomic E-state index is 0.0333. The van der Waals surface area contributed by atoms with E-state index in [-0.39, 0.29) is 43.1 Å². The van der Waals surface area contributed by atoms with E-state index in [1.54, 1.807) is 0 Å². The maximum atomic E-state index is 13.0. The number of rotatable bonds is 7. The number of nitrogens with zero attached hydrogens (tertiary/aromatic N) is 1. The molecule has 0 saturated heterocycles. The van der Waals surface area contributed by atoms with Crippen LogP contribution in [0.4, 0.5) is 13.6 Å². The number of sulfone groups is 1. The Kier molecular flexibility index (Phi) is 7.19. The summed E-state index contributed by atoms with van der Waals surface area (Å²) in [4.78, 5) is 41.2. The highest BCUT2D eigenvalue weighted by Crippen LogP contribution is 2.48. The van der Waals surface area contributed by atoms with Crippen LogP contribution in [0, 0.1) is 5.92 Å². The number of halogens is 3. The number of pyridine rings is 1. The van der Waals surface area contributed by atoms with Gasteiger partial charge in [0.05, 0.1) is 17.4 Å². The minimum Gasteiger partial charge on any atom is -0.449 e. The van der Waals surface area contributed by atoms with Gasteiger partial charge in [-0.15, -0.1) is 0 Å². The number of benzene rings is 1. The van der Waals surface area contributed by atoms with Gasteiger partial charge in [0, 0.05) is 42.1 Å². The van der Waals surface area contributed by atoms with Crippen LogP contribution in [0.2, 0.25) is 5.02 Å². The van der Waals surface area contributed by atoms with Gasteiger partial charge in [-0.2, -0.15) is 0 Å². The number of nitrogens with one attached hydrogen (secondary N) is 2. The van der Waals surface area contributed by atoms with Gasteiger partial charge in [0.2, 0.25) is 0 Å². The molecular weight excluding hydrogens is 520 g/mol. The molecule has 0 radical (unpaired) electrons. The van der Waals surface area contributed by atoms with Crippen LogP contribution in [0.5, 0.6) is 0 Å². The number of amides is 2. The molecule has 0 spiro atoms. The molecule has 2 N–H and O–H groups in total. The van der Waals surface area contributed by atoms with Gasteiger partial charge in [-0.05, 0) is 35.9 Å². The molecule has 9 nitrogen and oxygen atoms in total. The summed E-state index contributed by atoms with van der Waals surface area (Å²) < 4.78 is 55.6. The Balaban J connectivity index is 1.35. The van der Waals surface area contributed by atoms with E-state index >= 15 is 0 Å². The molecule has 1 aliphatic heterocycles. The van der Waals surface area contributed by atoms with Crippen molar-refractivity contribution in [3.63, 3.8) is 0 Å². The summed E-state index contributed by atoms with van der Waals surface area (Å²) in [5, 5.41) is 3.78. The summed E-state index contributed by atoms with van der Waals surface area (Å²) >= 11 is 5.76. The third kappa shape index (κ3) is 5.93. The molecule has 1 atom stereocenters. The summed E-state index contributed by atoms with van der Waals surface area (Å²) in [6.07, 6.45) is 0.486. The SMILES string of the molecule is O=C(NC/C=C/S(=O)(=O)c1ccc(Cl)cc1)c1cc2c([nH]c1=O)CCN(C(=O)OCC1CC1(F)F)C2. The van der Waals surface area contributed by atoms with Crippen LogP contribution < -0.4 is 10.9 Å². The molecule has 1 fully saturated rings. The second-order valence-corrected chi connectivity index (χ2v) is 10.8. The van der Waals surface area contributed by atoms with Crippen LogP contribution in [0.15, 0.2) is 51.5 Å². The Morgan fingerprint density at radius 2 is 1.97 bits per heavy atom. The second-order valence-electron chi connectivity index (χ2n) is 8.51. The van der Waals surface area contributed by atoms with Gasteiger partial charge in [0.25, 0.3) is 17.4 Å². The standard InChI is InChI=1S/C23H22ClF2N3O6S/c24-16-2-4-17(5-3-16)36(33,34)9-1-7-27-20(30)18-10-14-12-29(8-6-19(14)28-21(18)31)22(32)35-13-15-11-23(15,25)26/h1-5,9-10,15H,6-8,11-13H2,(H,27,30)(H,28,31)/b9-1+. The second kappa shape index (κ2) is 10.0. The van der Waals surface area contributed by atoms with Gasteiger partial charge in [-0.1, -0.05) is 17.7 Å². The summed E-state index contributed by atoms with van der Waals surface area (Å²) in [7, 11) is -3.74. The molecule has 4 rings (SSSR count). The Labute approximate surface area is 210 Å². The monoisotopic (exact) mass is 541 g/mol. The van der Waals surface area contributed by atoms with E-state index in [0.29, 0.717) is 22.7 Å². The number of fused-ring (bicyclic) bond motifs is 1. The fourth-order valence-corrected chi connectivity index (χ4v) is 4.82. The normalized spacial score (nSPS) is 18.5. The number of carbonyl (C=O) groups is 2. The van der Waals surface area contributed by atoms with Crippen LogP contribution in [0.1, 0.15) is 28.0 Å². The number of hydrogen-bond acceptors (Lipinski definition) is 6.